The minimum absolute atomic E-state index is 0.159. The van der Waals surface area contributed by atoms with Crippen LogP contribution in [-0.4, -0.2) is 20.6 Å². The first-order chi connectivity index (χ1) is 9.78. The molecule has 0 atom stereocenters. The fraction of sp³-hybridized carbons (Fsp3) is 0.143. The summed E-state index contributed by atoms with van der Waals surface area (Å²) in [7, 11) is 0. The summed E-state index contributed by atoms with van der Waals surface area (Å²) < 4.78 is 2.11. The Morgan fingerprint density at radius 2 is 2.20 bits per heavy atom. The van der Waals surface area contributed by atoms with E-state index in [9.17, 15) is 0 Å². The minimum atomic E-state index is 0.159. The van der Waals surface area contributed by atoms with Crippen molar-refractivity contribution in [3.05, 3.63) is 52.5 Å². The van der Waals surface area contributed by atoms with Crippen LogP contribution in [0.3, 0.4) is 0 Å². The maximum atomic E-state index is 8.75. The topological polar surface area (TPSA) is 76.4 Å². The number of fused-ring (bicyclic) bond motifs is 1. The summed E-state index contributed by atoms with van der Waals surface area (Å²) in [6, 6.07) is 10.0. The van der Waals surface area contributed by atoms with Gasteiger partial charge < -0.3 is 15.5 Å². The average Bonchev–Trinajstić information content (AvgIpc) is 3.08. The number of nitrogens with zero attached hydrogens (tertiary/aromatic N) is 3. The smallest absolute Gasteiger partial charge is 0.146 e. The second kappa shape index (κ2) is 5.34. The lowest BCUT2D eigenvalue weighted by molar-refractivity contribution is 0.317. The summed E-state index contributed by atoms with van der Waals surface area (Å²) in [5.74, 6) is 0.958. The molecule has 0 unspecified atom stereocenters. The molecule has 5 nitrogen and oxygen atoms in total. The zero-order valence-corrected chi connectivity index (χ0v) is 11.5. The van der Waals surface area contributed by atoms with Crippen LogP contribution in [0.1, 0.15) is 11.4 Å². The van der Waals surface area contributed by atoms with E-state index in [1.165, 1.54) is 5.56 Å². The van der Waals surface area contributed by atoms with E-state index in [2.05, 4.69) is 31.5 Å². The number of nitrogens with two attached hydrogens (primary N) is 1. The summed E-state index contributed by atoms with van der Waals surface area (Å²) >= 11 is 1.67. The van der Waals surface area contributed by atoms with Gasteiger partial charge >= 0.3 is 0 Å². The maximum Gasteiger partial charge on any atom is 0.146 e. The summed E-state index contributed by atoms with van der Waals surface area (Å²) in [6.07, 6.45) is 0.329. The highest BCUT2D eigenvalue weighted by atomic mass is 32.1. The third-order valence-electron chi connectivity index (χ3n) is 3.12. The van der Waals surface area contributed by atoms with Crippen molar-refractivity contribution < 1.29 is 5.21 Å². The standard InChI is InChI=1S/C14H14N4OS/c15-13(17-19)7-14-16-11-3-1-2-4-12(11)18(14)8-10-5-6-20-9-10/h1-6,9,19H,7-8H2,(H2,15,17). The molecular formula is C14H14N4OS. The average molecular weight is 286 g/mol. The third kappa shape index (κ3) is 2.37. The van der Waals surface area contributed by atoms with Gasteiger partial charge in [-0.1, -0.05) is 17.3 Å². The second-order valence-electron chi connectivity index (χ2n) is 4.50. The Morgan fingerprint density at radius 3 is 2.95 bits per heavy atom. The quantitative estimate of drug-likeness (QED) is 0.335. The first kappa shape index (κ1) is 12.7. The maximum absolute atomic E-state index is 8.75. The van der Waals surface area contributed by atoms with Crippen LogP contribution in [0, 0.1) is 0 Å². The molecule has 20 heavy (non-hydrogen) atoms. The predicted molar refractivity (Wildman–Crippen MR) is 80.3 cm³/mol. The summed E-state index contributed by atoms with van der Waals surface area (Å²) in [4.78, 5) is 4.58. The van der Waals surface area contributed by atoms with Gasteiger partial charge in [0.2, 0.25) is 0 Å². The van der Waals surface area contributed by atoms with E-state index in [-0.39, 0.29) is 5.84 Å². The molecule has 0 aliphatic heterocycles. The Hall–Kier alpha value is -2.34. The van der Waals surface area contributed by atoms with Crippen molar-refractivity contribution in [2.45, 2.75) is 13.0 Å². The molecule has 3 N–H and O–H groups in total. The van der Waals surface area contributed by atoms with Crippen LogP contribution in [0.25, 0.3) is 11.0 Å². The first-order valence-electron chi connectivity index (χ1n) is 6.19. The molecule has 3 aromatic rings. The highest BCUT2D eigenvalue weighted by Gasteiger charge is 2.12. The van der Waals surface area contributed by atoms with Crippen molar-refractivity contribution in [1.82, 2.24) is 9.55 Å². The van der Waals surface area contributed by atoms with E-state index in [1.54, 1.807) is 11.3 Å². The molecule has 0 saturated carbocycles. The van der Waals surface area contributed by atoms with Crippen molar-refractivity contribution in [2.75, 3.05) is 0 Å². The van der Waals surface area contributed by atoms with Gasteiger partial charge in [0.05, 0.1) is 24.0 Å². The lowest BCUT2D eigenvalue weighted by atomic mass is 10.3. The van der Waals surface area contributed by atoms with Crippen LogP contribution >= 0.6 is 11.3 Å². The Bertz CT molecular complexity index is 746. The molecule has 0 saturated heterocycles. The van der Waals surface area contributed by atoms with Gasteiger partial charge in [0, 0.05) is 0 Å². The molecule has 2 aromatic heterocycles. The molecule has 0 radical (unpaired) electrons. The fourth-order valence-corrected chi connectivity index (χ4v) is 2.86. The number of imidazole rings is 1. The zero-order valence-electron chi connectivity index (χ0n) is 10.7. The predicted octanol–water partition coefficient (Wildman–Crippen LogP) is 2.44. The number of para-hydroxylation sites is 2. The molecule has 0 aliphatic carbocycles. The van der Waals surface area contributed by atoms with Crippen LogP contribution < -0.4 is 5.73 Å². The third-order valence-corrected chi connectivity index (χ3v) is 3.85. The summed E-state index contributed by atoms with van der Waals surface area (Å²) in [6.45, 7) is 0.734. The number of aromatic nitrogens is 2. The highest BCUT2D eigenvalue weighted by Crippen LogP contribution is 2.19. The largest absolute Gasteiger partial charge is 0.409 e. The van der Waals surface area contributed by atoms with E-state index in [0.29, 0.717) is 6.42 Å². The van der Waals surface area contributed by atoms with Gasteiger partial charge in [-0.2, -0.15) is 11.3 Å². The molecule has 1 aromatic carbocycles. The van der Waals surface area contributed by atoms with Gasteiger partial charge in [0.25, 0.3) is 0 Å². The molecular weight excluding hydrogens is 272 g/mol. The van der Waals surface area contributed by atoms with Gasteiger partial charge in [-0.05, 0) is 34.5 Å². The SMILES string of the molecule is NC(Cc1nc2ccccc2n1Cc1ccsc1)=NO. The number of rotatable bonds is 4. The number of oxime groups is 1. The molecule has 0 spiro atoms. The molecule has 0 amide bonds. The van der Waals surface area contributed by atoms with E-state index >= 15 is 0 Å². The molecule has 0 fully saturated rings. The minimum Gasteiger partial charge on any atom is -0.409 e. The van der Waals surface area contributed by atoms with Crippen molar-refractivity contribution in [3.8, 4) is 0 Å². The molecule has 0 bridgehead atoms. The molecule has 3 rings (SSSR count). The van der Waals surface area contributed by atoms with E-state index in [1.807, 2.05) is 24.3 Å². The fourth-order valence-electron chi connectivity index (χ4n) is 2.20. The summed E-state index contributed by atoms with van der Waals surface area (Å²) in [5.41, 5.74) is 8.81. The van der Waals surface area contributed by atoms with Gasteiger partial charge in [-0.15, -0.1) is 0 Å². The Labute approximate surface area is 120 Å². The van der Waals surface area contributed by atoms with Crippen molar-refractivity contribution in [2.24, 2.45) is 10.9 Å². The Balaban J connectivity index is 2.07. The molecule has 6 heteroatoms. The Morgan fingerprint density at radius 1 is 1.35 bits per heavy atom. The first-order valence-corrected chi connectivity index (χ1v) is 7.14. The van der Waals surface area contributed by atoms with Crippen LogP contribution in [0.4, 0.5) is 0 Å². The van der Waals surface area contributed by atoms with Crippen LogP contribution in [0.5, 0.6) is 0 Å². The number of hydrogen-bond donors (Lipinski definition) is 2. The van der Waals surface area contributed by atoms with Crippen molar-refractivity contribution in [1.29, 1.82) is 0 Å². The van der Waals surface area contributed by atoms with Crippen LogP contribution in [0.2, 0.25) is 0 Å². The lowest BCUT2D eigenvalue weighted by Gasteiger charge is -2.07. The van der Waals surface area contributed by atoms with Gasteiger partial charge in [0.15, 0.2) is 0 Å². The number of benzene rings is 1. The van der Waals surface area contributed by atoms with Crippen molar-refractivity contribution >= 4 is 28.2 Å². The van der Waals surface area contributed by atoms with Crippen LogP contribution in [0.15, 0.2) is 46.2 Å². The monoisotopic (exact) mass is 286 g/mol. The number of amidine groups is 1. The van der Waals surface area contributed by atoms with E-state index in [4.69, 9.17) is 10.9 Å². The van der Waals surface area contributed by atoms with Gasteiger partial charge in [0.1, 0.15) is 11.7 Å². The van der Waals surface area contributed by atoms with Crippen LogP contribution in [-0.2, 0) is 13.0 Å². The zero-order chi connectivity index (χ0) is 13.9. The lowest BCUT2D eigenvalue weighted by Crippen LogP contribution is -2.18. The van der Waals surface area contributed by atoms with Gasteiger partial charge in [-0.25, -0.2) is 4.98 Å². The Kier molecular flexibility index (Phi) is 3.39. The highest BCUT2D eigenvalue weighted by molar-refractivity contribution is 7.07. The molecule has 0 aliphatic rings. The molecule has 2 heterocycles. The van der Waals surface area contributed by atoms with E-state index < -0.39 is 0 Å². The normalized spacial score (nSPS) is 12.1. The second-order valence-corrected chi connectivity index (χ2v) is 5.28. The number of thiophene rings is 1. The van der Waals surface area contributed by atoms with Crippen molar-refractivity contribution in [3.63, 3.8) is 0 Å². The van der Waals surface area contributed by atoms with E-state index in [0.717, 1.165) is 23.4 Å². The number of hydrogen-bond acceptors (Lipinski definition) is 4. The molecule has 102 valence electrons. The van der Waals surface area contributed by atoms with Gasteiger partial charge in [-0.3, -0.25) is 0 Å². The summed E-state index contributed by atoms with van der Waals surface area (Å²) in [5, 5.41) is 15.9.